The number of alkyl halides is 3. The average molecular weight is 556 g/mol. The van der Waals surface area contributed by atoms with E-state index in [1.165, 1.54) is 0 Å². The maximum atomic E-state index is 11.2. The first-order valence-electron chi connectivity index (χ1n) is 11.5. The van der Waals surface area contributed by atoms with Gasteiger partial charge in [0.15, 0.2) is 0 Å². The lowest BCUT2D eigenvalue weighted by Gasteiger charge is -2.28. The van der Waals surface area contributed by atoms with Gasteiger partial charge in [0, 0.05) is 17.2 Å². The highest BCUT2D eigenvalue weighted by atomic mass is 35.5. The van der Waals surface area contributed by atoms with Gasteiger partial charge in [-0.15, -0.1) is 0 Å². The molecule has 3 N–H and O–H groups in total. The van der Waals surface area contributed by atoms with Crippen molar-refractivity contribution in [1.29, 1.82) is 0 Å². The number of fused-ring (bicyclic) bond motifs is 1. The van der Waals surface area contributed by atoms with Gasteiger partial charge in [-0.05, 0) is 68.6 Å². The van der Waals surface area contributed by atoms with E-state index in [-0.39, 0.29) is 18.6 Å². The number of hydrogen-bond acceptors (Lipinski definition) is 7. The summed E-state index contributed by atoms with van der Waals surface area (Å²) in [6.07, 6.45) is -4.19. The van der Waals surface area contributed by atoms with Crippen molar-refractivity contribution in [1.82, 2.24) is 15.5 Å². The molecule has 0 radical (unpaired) electrons. The summed E-state index contributed by atoms with van der Waals surface area (Å²) in [5.41, 5.74) is 4.79. The van der Waals surface area contributed by atoms with E-state index in [0.717, 1.165) is 35.2 Å². The highest BCUT2D eigenvalue weighted by Gasteiger charge is 2.38. The summed E-state index contributed by atoms with van der Waals surface area (Å²) >= 11 is 6.34. The Labute approximate surface area is 220 Å². The first kappa shape index (κ1) is 28.9. The number of benzene rings is 2. The average Bonchev–Trinajstić information content (AvgIpc) is 3.30. The summed E-state index contributed by atoms with van der Waals surface area (Å²) in [7, 11) is 0. The zero-order chi connectivity index (χ0) is 28.2. The summed E-state index contributed by atoms with van der Waals surface area (Å²) in [6.45, 7) is 6.63. The third-order valence-corrected chi connectivity index (χ3v) is 5.90. The van der Waals surface area contributed by atoms with Crippen molar-refractivity contribution in [2.75, 3.05) is 6.54 Å². The molecule has 2 heterocycles. The molecule has 0 saturated heterocycles. The zero-order valence-electron chi connectivity index (χ0n) is 20.6. The molecular weight excluding hydrogens is 531 g/mol. The summed E-state index contributed by atoms with van der Waals surface area (Å²) in [5, 5.41) is 24.3. The predicted octanol–water partition coefficient (Wildman–Crippen LogP) is 5.45. The molecule has 1 aliphatic heterocycles. The third kappa shape index (κ3) is 7.01. The number of ether oxygens (including phenoxy) is 1. The quantitative estimate of drug-likeness (QED) is 0.363. The van der Waals surface area contributed by atoms with Crippen molar-refractivity contribution in [3.8, 4) is 28.6 Å². The Morgan fingerprint density at radius 3 is 2.50 bits per heavy atom. The van der Waals surface area contributed by atoms with E-state index in [2.05, 4.69) is 15.5 Å². The van der Waals surface area contributed by atoms with Crippen LogP contribution >= 0.6 is 11.6 Å². The molecule has 4 rings (SSSR count). The second-order valence-corrected chi connectivity index (χ2v) is 9.11. The standard InChI is InChI=1S/C23H24ClN3O4.C2HF3O2/c1-12(2)30-20-7-4-14(10-18(20)24)23-26-22(27-31-23)16-5-6-17-15(13(16)3)8-9-25-19(17)11-21(28)29;3-2(4,5)1(6)7/h4-7,10,12,19,25H,8-9,11H2,1-3H3,(H,28,29);(H,6,7). The number of aliphatic carboxylic acids is 2. The molecule has 0 fully saturated rings. The van der Waals surface area contributed by atoms with Gasteiger partial charge < -0.3 is 24.8 Å². The van der Waals surface area contributed by atoms with Crippen LogP contribution in [0.15, 0.2) is 34.9 Å². The molecule has 0 saturated carbocycles. The molecule has 9 nitrogen and oxygen atoms in total. The second-order valence-electron chi connectivity index (χ2n) is 8.70. The number of rotatable bonds is 6. The van der Waals surface area contributed by atoms with E-state index >= 15 is 0 Å². The highest BCUT2D eigenvalue weighted by Crippen LogP contribution is 2.35. The van der Waals surface area contributed by atoms with Crippen LogP contribution in [0.5, 0.6) is 5.75 Å². The lowest BCUT2D eigenvalue weighted by Crippen LogP contribution is -2.32. The van der Waals surface area contributed by atoms with E-state index < -0.39 is 18.1 Å². The van der Waals surface area contributed by atoms with Crippen LogP contribution in [-0.2, 0) is 16.0 Å². The first-order valence-corrected chi connectivity index (χ1v) is 11.8. The second kappa shape index (κ2) is 11.8. The maximum Gasteiger partial charge on any atom is 0.490 e. The molecule has 0 aliphatic carbocycles. The summed E-state index contributed by atoms with van der Waals surface area (Å²) in [5.74, 6) is -2.11. The van der Waals surface area contributed by atoms with Crippen molar-refractivity contribution < 1.29 is 42.2 Å². The highest BCUT2D eigenvalue weighted by molar-refractivity contribution is 6.32. The lowest BCUT2D eigenvalue weighted by molar-refractivity contribution is -0.192. The molecule has 3 aromatic rings. The van der Waals surface area contributed by atoms with Crippen molar-refractivity contribution in [2.45, 2.75) is 51.9 Å². The molecule has 2 aromatic carbocycles. The lowest BCUT2D eigenvalue weighted by atomic mass is 9.87. The van der Waals surface area contributed by atoms with Crippen LogP contribution in [0.2, 0.25) is 5.02 Å². The fourth-order valence-corrected chi connectivity index (χ4v) is 4.18. The maximum absolute atomic E-state index is 11.2. The molecule has 38 heavy (non-hydrogen) atoms. The number of carboxylic acids is 2. The largest absolute Gasteiger partial charge is 0.490 e. The van der Waals surface area contributed by atoms with Crippen LogP contribution in [0, 0.1) is 6.92 Å². The predicted molar refractivity (Wildman–Crippen MR) is 131 cm³/mol. The van der Waals surface area contributed by atoms with Crippen molar-refractivity contribution >= 4 is 23.5 Å². The number of carboxylic acid groups (broad SMARTS) is 2. The van der Waals surface area contributed by atoms with Gasteiger partial charge in [0.25, 0.3) is 5.89 Å². The van der Waals surface area contributed by atoms with E-state index in [4.69, 9.17) is 30.8 Å². The fourth-order valence-electron chi connectivity index (χ4n) is 3.95. The third-order valence-electron chi connectivity index (χ3n) is 5.61. The van der Waals surface area contributed by atoms with Gasteiger partial charge in [0.2, 0.25) is 5.82 Å². The van der Waals surface area contributed by atoms with Crippen LogP contribution < -0.4 is 10.1 Å². The molecule has 1 aromatic heterocycles. The van der Waals surface area contributed by atoms with E-state index in [0.29, 0.717) is 28.1 Å². The van der Waals surface area contributed by atoms with Gasteiger partial charge in [-0.1, -0.05) is 28.9 Å². The van der Waals surface area contributed by atoms with Gasteiger partial charge in [-0.2, -0.15) is 18.2 Å². The van der Waals surface area contributed by atoms with Gasteiger partial charge in [0.05, 0.1) is 17.5 Å². The number of nitrogens with one attached hydrogen (secondary N) is 1. The van der Waals surface area contributed by atoms with Crippen molar-refractivity contribution in [3.05, 3.63) is 52.0 Å². The Bertz CT molecular complexity index is 1330. The SMILES string of the molecule is Cc1c(-c2noc(-c3ccc(OC(C)C)c(Cl)c3)n2)ccc2c1CCNC2CC(=O)O.O=C(O)C(F)(F)F. The molecule has 1 unspecified atom stereocenters. The Morgan fingerprint density at radius 1 is 1.24 bits per heavy atom. The molecule has 13 heteroatoms. The molecule has 0 amide bonds. The van der Waals surface area contributed by atoms with Crippen molar-refractivity contribution in [2.24, 2.45) is 0 Å². The van der Waals surface area contributed by atoms with Crippen LogP contribution in [0.1, 0.15) is 43.0 Å². The van der Waals surface area contributed by atoms with Crippen molar-refractivity contribution in [3.63, 3.8) is 0 Å². The molecule has 1 aliphatic rings. The topological polar surface area (TPSA) is 135 Å². The monoisotopic (exact) mass is 555 g/mol. The number of aromatic nitrogens is 2. The summed E-state index contributed by atoms with van der Waals surface area (Å²) in [4.78, 5) is 24.7. The number of carbonyl (C=O) groups is 2. The minimum absolute atomic E-state index is 0.0237. The Kier molecular flexibility index (Phi) is 9.00. The Morgan fingerprint density at radius 2 is 1.92 bits per heavy atom. The molecule has 204 valence electrons. The van der Waals surface area contributed by atoms with Gasteiger partial charge >= 0.3 is 18.1 Å². The zero-order valence-corrected chi connectivity index (χ0v) is 21.4. The van der Waals surface area contributed by atoms with E-state index in [1.807, 2.05) is 39.0 Å². The fraction of sp³-hybridized carbons (Fsp3) is 0.360. The molecular formula is C25H25ClF3N3O6. The molecule has 0 bridgehead atoms. The Balaban J connectivity index is 0.000000505. The van der Waals surface area contributed by atoms with Gasteiger partial charge in [-0.3, -0.25) is 4.79 Å². The van der Waals surface area contributed by atoms with Crippen LogP contribution in [0.3, 0.4) is 0 Å². The number of halogens is 4. The van der Waals surface area contributed by atoms with Crippen LogP contribution in [0.4, 0.5) is 13.2 Å². The van der Waals surface area contributed by atoms with E-state index in [1.54, 1.807) is 12.1 Å². The van der Waals surface area contributed by atoms with Crippen LogP contribution in [0.25, 0.3) is 22.8 Å². The van der Waals surface area contributed by atoms with Crippen LogP contribution in [-0.4, -0.2) is 51.1 Å². The number of nitrogens with zero attached hydrogens (tertiary/aromatic N) is 2. The summed E-state index contributed by atoms with van der Waals surface area (Å²) < 4.78 is 42.9. The Hall–Kier alpha value is -3.64. The summed E-state index contributed by atoms with van der Waals surface area (Å²) in [6, 6.07) is 9.07. The van der Waals surface area contributed by atoms with E-state index in [9.17, 15) is 23.1 Å². The van der Waals surface area contributed by atoms with Gasteiger partial charge in [0.1, 0.15) is 5.75 Å². The minimum atomic E-state index is -5.08. The molecule has 0 spiro atoms. The number of hydrogen-bond donors (Lipinski definition) is 3. The minimum Gasteiger partial charge on any atom is -0.489 e. The molecule has 1 atom stereocenters. The van der Waals surface area contributed by atoms with Gasteiger partial charge in [-0.25, -0.2) is 4.79 Å². The first-order chi connectivity index (χ1) is 17.8. The smallest absolute Gasteiger partial charge is 0.489 e. The normalized spacial score (nSPS) is 14.9.